The van der Waals surface area contributed by atoms with E-state index in [0.717, 1.165) is 17.6 Å². The van der Waals surface area contributed by atoms with Crippen LogP contribution in [0.1, 0.15) is 5.56 Å². The van der Waals surface area contributed by atoms with Gasteiger partial charge in [-0.25, -0.2) is 9.97 Å². The van der Waals surface area contributed by atoms with Gasteiger partial charge in [0.15, 0.2) is 6.33 Å². The molecule has 1 aromatic carbocycles. The molecule has 2 heterocycles. The lowest BCUT2D eigenvalue weighted by Crippen LogP contribution is -1.95. The third kappa shape index (κ3) is 1.50. The number of H-pyrrole nitrogens is 1. The van der Waals surface area contributed by atoms with E-state index in [2.05, 4.69) is 33.4 Å². The molecule has 0 spiro atoms. The molecule has 0 fully saturated rings. The Morgan fingerprint density at radius 3 is 3.27 bits per heavy atom. The molecule has 0 amide bonds. The van der Waals surface area contributed by atoms with E-state index in [9.17, 15) is 0 Å². The van der Waals surface area contributed by atoms with Crippen molar-refractivity contribution in [1.82, 2.24) is 19.5 Å². The third-order valence-corrected chi connectivity index (χ3v) is 2.35. The molecule has 3 rings (SSSR count). The Morgan fingerprint density at radius 1 is 1.40 bits per heavy atom. The summed E-state index contributed by atoms with van der Waals surface area (Å²) in [5.74, 6) is 0. The fourth-order valence-electron chi connectivity index (χ4n) is 1.61. The van der Waals surface area contributed by atoms with Crippen molar-refractivity contribution in [3.05, 3.63) is 48.8 Å². The second kappa shape index (κ2) is 3.24. The van der Waals surface area contributed by atoms with E-state index in [1.54, 1.807) is 12.5 Å². The fraction of sp³-hybridized carbons (Fsp3) is 0.0909. The third-order valence-electron chi connectivity index (χ3n) is 2.35. The highest BCUT2D eigenvalue weighted by Crippen LogP contribution is 2.12. The molecule has 0 saturated heterocycles. The van der Waals surface area contributed by atoms with Gasteiger partial charge in [-0.05, 0) is 17.7 Å². The quantitative estimate of drug-likeness (QED) is 0.678. The van der Waals surface area contributed by atoms with Crippen molar-refractivity contribution in [2.45, 2.75) is 6.54 Å². The van der Waals surface area contributed by atoms with Crippen LogP contribution in [-0.2, 0) is 6.54 Å². The lowest BCUT2D eigenvalue weighted by atomic mass is 10.2. The SMILES string of the molecule is [c]1nc2cc(Cn3ccnc3)ccc2[nH]1. The number of nitrogens with one attached hydrogen (secondary N) is 1. The number of nitrogens with zero attached hydrogens (tertiary/aromatic N) is 3. The van der Waals surface area contributed by atoms with E-state index >= 15 is 0 Å². The van der Waals surface area contributed by atoms with Gasteiger partial charge in [0.2, 0.25) is 0 Å². The van der Waals surface area contributed by atoms with E-state index in [0.29, 0.717) is 0 Å². The first-order valence-corrected chi connectivity index (χ1v) is 4.72. The Bertz CT molecular complexity index is 565. The van der Waals surface area contributed by atoms with Crippen LogP contribution in [-0.4, -0.2) is 19.5 Å². The monoisotopic (exact) mass is 197 g/mol. The Balaban J connectivity index is 1.97. The molecule has 15 heavy (non-hydrogen) atoms. The van der Waals surface area contributed by atoms with Gasteiger partial charge in [-0.1, -0.05) is 6.07 Å². The number of rotatable bonds is 2. The molecule has 0 aliphatic carbocycles. The summed E-state index contributed by atoms with van der Waals surface area (Å²) in [4.78, 5) is 11.1. The first kappa shape index (κ1) is 8.23. The minimum absolute atomic E-state index is 0.822. The largest absolute Gasteiger partial charge is 0.335 e. The summed E-state index contributed by atoms with van der Waals surface area (Å²) in [5.41, 5.74) is 3.18. The van der Waals surface area contributed by atoms with Crippen LogP contribution in [0.15, 0.2) is 36.9 Å². The fourth-order valence-corrected chi connectivity index (χ4v) is 1.61. The number of hydrogen-bond donors (Lipinski definition) is 1. The van der Waals surface area contributed by atoms with Crippen LogP contribution in [0, 0.1) is 6.33 Å². The van der Waals surface area contributed by atoms with E-state index in [1.165, 1.54) is 5.56 Å². The van der Waals surface area contributed by atoms with Gasteiger partial charge in [0.1, 0.15) is 0 Å². The number of fused-ring (bicyclic) bond motifs is 1. The summed E-state index contributed by atoms with van der Waals surface area (Å²) >= 11 is 0. The summed E-state index contributed by atoms with van der Waals surface area (Å²) in [6, 6.07) is 6.15. The second-order valence-electron chi connectivity index (χ2n) is 3.44. The Kier molecular flexibility index (Phi) is 1.78. The van der Waals surface area contributed by atoms with E-state index in [4.69, 9.17) is 0 Å². The van der Waals surface area contributed by atoms with Crippen molar-refractivity contribution in [1.29, 1.82) is 0 Å². The lowest BCUT2D eigenvalue weighted by molar-refractivity contribution is 0.798. The van der Waals surface area contributed by atoms with E-state index in [1.807, 2.05) is 16.8 Å². The Labute approximate surface area is 86.6 Å². The van der Waals surface area contributed by atoms with Crippen LogP contribution in [0.4, 0.5) is 0 Å². The molecule has 4 heteroatoms. The van der Waals surface area contributed by atoms with Crippen molar-refractivity contribution in [2.75, 3.05) is 0 Å². The predicted octanol–water partition coefficient (Wildman–Crippen LogP) is 1.61. The molecule has 0 unspecified atom stereocenters. The number of imidazole rings is 2. The van der Waals surface area contributed by atoms with E-state index in [-0.39, 0.29) is 0 Å². The maximum Gasteiger partial charge on any atom is 0.174 e. The topological polar surface area (TPSA) is 46.5 Å². The van der Waals surface area contributed by atoms with Crippen molar-refractivity contribution in [2.24, 2.45) is 0 Å². The molecule has 0 saturated carbocycles. The van der Waals surface area contributed by atoms with Crippen molar-refractivity contribution in [3.8, 4) is 0 Å². The van der Waals surface area contributed by atoms with Crippen LogP contribution >= 0.6 is 0 Å². The molecule has 1 radical (unpaired) electrons. The Morgan fingerprint density at radius 2 is 2.40 bits per heavy atom. The second-order valence-corrected chi connectivity index (χ2v) is 3.44. The zero-order valence-corrected chi connectivity index (χ0v) is 8.01. The molecule has 1 N–H and O–H groups in total. The molecular formula is C11H9N4. The first-order chi connectivity index (χ1) is 7.42. The number of aromatic amines is 1. The van der Waals surface area contributed by atoms with Crippen LogP contribution in [0.5, 0.6) is 0 Å². The molecule has 0 aliphatic heterocycles. The average Bonchev–Trinajstić information content (AvgIpc) is 2.87. The molecule has 4 nitrogen and oxygen atoms in total. The number of hydrogen-bond acceptors (Lipinski definition) is 2. The van der Waals surface area contributed by atoms with Crippen molar-refractivity contribution in [3.63, 3.8) is 0 Å². The van der Waals surface area contributed by atoms with Gasteiger partial charge in [0, 0.05) is 18.9 Å². The average molecular weight is 197 g/mol. The van der Waals surface area contributed by atoms with Crippen LogP contribution in [0.25, 0.3) is 11.0 Å². The van der Waals surface area contributed by atoms with E-state index < -0.39 is 0 Å². The number of aromatic nitrogens is 4. The van der Waals surface area contributed by atoms with Gasteiger partial charge in [-0.3, -0.25) is 0 Å². The van der Waals surface area contributed by atoms with Crippen molar-refractivity contribution < 1.29 is 0 Å². The van der Waals surface area contributed by atoms with Gasteiger partial charge in [0.05, 0.1) is 17.4 Å². The molecule has 0 bridgehead atoms. The molecule has 2 aromatic heterocycles. The normalized spacial score (nSPS) is 10.9. The molecule has 0 aliphatic rings. The summed E-state index contributed by atoms with van der Waals surface area (Å²) in [5, 5.41) is 0. The zero-order valence-electron chi connectivity index (χ0n) is 8.01. The van der Waals surface area contributed by atoms with Gasteiger partial charge in [0.25, 0.3) is 0 Å². The molecule has 73 valence electrons. The minimum atomic E-state index is 0.822. The van der Waals surface area contributed by atoms with Crippen LogP contribution in [0.2, 0.25) is 0 Å². The maximum atomic E-state index is 4.10. The van der Waals surface area contributed by atoms with Crippen LogP contribution < -0.4 is 0 Å². The molecule has 3 aromatic rings. The smallest absolute Gasteiger partial charge is 0.174 e. The van der Waals surface area contributed by atoms with Gasteiger partial charge < -0.3 is 9.55 Å². The number of benzene rings is 1. The Hall–Kier alpha value is -2.10. The van der Waals surface area contributed by atoms with Gasteiger partial charge in [-0.15, -0.1) is 0 Å². The van der Waals surface area contributed by atoms with Gasteiger partial charge in [-0.2, -0.15) is 0 Å². The highest BCUT2D eigenvalue weighted by Gasteiger charge is 1.99. The van der Waals surface area contributed by atoms with Crippen molar-refractivity contribution >= 4 is 11.0 Å². The highest BCUT2D eigenvalue weighted by atomic mass is 15.0. The summed E-state index contributed by atoms with van der Waals surface area (Å²) < 4.78 is 2.03. The highest BCUT2D eigenvalue weighted by molar-refractivity contribution is 5.74. The molecule has 0 atom stereocenters. The lowest BCUT2D eigenvalue weighted by Gasteiger charge is -2.01. The summed E-state index contributed by atoms with van der Waals surface area (Å²) in [7, 11) is 0. The standard InChI is InChI=1S/C11H9N4/c1-2-10-11(14-7-13-10)5-9(1)6-15-4-3-12-8-15/h1-5,8H,6H2,(H,13,14). The predicted molar refractivity (Wildman–Crippen MR) is 56.3 cm³/mol. The maximum absolute atomic E-state index is 4.10. The molecular weight excluding hydrogens is 188 g/mol. The summed E-state index contributed by atoms with van der Waals surface area (Å²) in [6.45, 7) is 0.822. The van der Waals surface area contributed by atoms with Gasteiger partial charge >= 0.3 is 0 Å². The van der Waals surface area contributed by atoms with Crippen LogP contribution in [0.3, 0.4) is 0 Å². The first-order valence-electron chi connectivity index (χ1n) is 4.72. The summed E-state index contributed by atoms with van der Waals surface area (Å²) in [6.07, 6.45) is 8.26. The minimum Gasteiger partial charge on any atom is -0.335 e. The zero-order chi connectivity index (χ0) is 10.1.